The molecule has 0 bridgehead atoms. The predicted octanol–water partition coefficient (Wildman–Crippen LogP) is 0.974. The Morgan fingerprint density at radius 3 is 2.92 bits per heavy atom. The van der Waals surface area contributed by atoms with E-state index in [2.05, 4.69) is 25.4 Å². The number of carbonyl (C=O) groups excluding carboxylic acids is 1. The average Bonchev–Trinajstić information content (AvgIpc) is 3.02. The lowest BCUT2D eigenvalue weighted by atomic mass is 10.1. The van der Waals surface area contributed by atoms with Crippen LogP contribution in [0.3, 0.4) is 0 Å². The number of nitrogens with one attached hydrogen (secondary N) is 1. The summed E-state index contributed by atoms with van der Waals surface area (Å²) in [5.41, 5.74) is 0.906. The van der Waals surface area contributed by atoms with Gasteiger partial charge in [-0.2, -0.15) is 0 Å². The summed E-state index contributed by atoms with van der Waals surface area (Å²) in [7, 11) is 0. The molecule has 1 unspecified atom stereocenters. The number of carbonyl (C=O) groups is 1. The molecule has 0 radical (unpaired) electrons. The highest BCUT2D eigenvalue weighted by Crippen LogP contribution is 2.21. The third-order valence-corrected chi connectivity index (χ3v) is 4.76. The molecule has 1 atom stereocenters. The van der Waals surface area contributed by atoms with Crippen LogP contribution in [-0.4, -0.2) is 58.8 Å². The van der Waals surface area contributed by atoms with Crippen LogP contribution in [0.1, 0.15) is 21.6 Å². The number of hydrogen-bond acceptors (Lipinski definition) is 7. The molecule has 1 aliphatic rings. The molecule has 0 spiro atoms. The van der Waals surface area contributed by atoms with Gasteiger partial charge in [-0.15, -0.1) is 21.5 Å². The molecule has 128 valence electrons. The van der Waals surface area contributed by atoms with Crippen LogP contribution in [0.25, 0.3) is 0 Å². The van der Waals surface area contributed by atoms with Gasteiger partial charge in [-0.05, 0) is 18.6 Å². The molecule has 0 aromatic carbocycles. The van der Waals surface area contributed by atoms with E-state index in [1.807, 2.05) is 19.1 Å². The molecule has 1 aliphatic heterocycles. The lowest BCUT2D eigenvalue weighted by molar-refractivity contribution is -0.128. The van der Waals surface area contributed by atoms with Crippen molar-refractivity contribution in [3.63, 3.8) is 0 Å². The number of nitrogens with zero attached hydrogens (tertiary/aromatic N) is 4. The summed E-state index contributed by atoms with van der Waals surface area (Å²) in [6.07, 6.45) is 4.17. The molecule has 1 saturated heterocycles. The van der Waals surface area contributed by atoms with Gasteiger partial charge >= 0.3 is 0 Å². The number of aryl methyl sites for hydroxylation is 1. The summed E-state index contributed by atoms with van der Waals surface area (Å²) in [6, 6.07) is 3.47. The minimum atomic E-state index is -0.334. The highest BCUT2D eigenvalue weighted by Gasteiger charge is 2.29. The maximum atomic E-state index is 12.8. The second-order valence-corrected chi connectivity index (χ2v) is 6.86. The van der Waals surface area contributed by atoms with Crippen LogP contribution in [0, 0.1) is 6.92 Å². The Balaban J connectivity index is 1.64. The third-order valence-electron chi connectivity index (χ3n) is 3.87. The van der Waals surface area contributed by atoms with Gasteiger partial charge in [0.05, 0.1) is 13.2 Å². The number of ether oxygens (including phenoxy) is 1. The second-order valence-electron chi connectivity index (χ2n) is 5.59. The first-order chi connectivity index (χ1) is 11.7. The van der Waals surface area contributed by atoms with Crippen molar-refractivity contribution < 1.29 is 9.53 Å². The van der Waals surface area contributed by atoms with E-state index in [9.17, 15) is 4.79 Å². The molecule has 3 rings (SSSR count). The lowest BCUT2D eigenvalue weighted by Crippen LogP contribution is -2.46. The molecule has 7 nitrogen and oxygen atoms in total. The van der Waals surface area contributed by atoms with Crippen molar-refractivity contribution in [3.05, 3.63) is 40.1 Å². The van der Waals surface area contributed by atoms with Crippen molar-refractivity contribution in [3.8, 4) is 0 Å². The highest BCUT2D eigenvalue weighted by atomic mass is 32.1. The SMILES string of the molecule is Cc1nnc(CCNC(=O)C(c2cccnc2)N2CCOCC2)s1. The van der Waals surface area contributed by atoms with E-state index in [4.69, 9.17) is 4.74 Å². The molecule has 24 heavy (non-hydrogen) atoms. The predicted molar refractivity (Wildman–Crippen MR) is 90.7 cm³/mol. The van der Waals surface area contributed by atoms with Crippen LogP contribution >= 0.6 is 11.3 Å². The van der Waals surface area contributed by atoms with E-state index in [1.165, 1.54) is 0 Å². The van der Waals surface area contributed by atoms with E-state index in [-0.39, 0.29) is 11.9 Å². The monoisotopic (exact) mass is 347 g/mol. The van der Waals surface area contributed by atoms with Crippen molar-refractivity contribution in [2.75, 3.05) is 32.8 Å². The van der Waals surface area contributed by atoms with Crippen molar-refractivity contribution in [1.82, 2.24) is 25.4 Å². The fraction of sp³-hybridized carbons (Fsp3) is 0.500. The Bertz CT molecular complexity index is 657. The summed E-state index contributed by atoms with van der Waals surface area (Å²) in [6.45, 7) is 5.25. The molecular weight excluding hydrogens is 326 g/mol. The number of pyridine rings is 1. The minimum absolute atomic E-state index is 0.00821. The summed E-state index contributed by atoms with van der Waals surface area (Å²) in [5.74, 6) is -0.00821. The fourth-order valence-electron chi connectivity index (χ4n) is 2.73. The topological polar surface area (TPSA) is 80.2 Å². The Hall–Kier alpha value is -1.90. The van der Waals surface area contributed by atoms with Crippen molar-refractivity contribution in [2.24, 2.45) is 0 Å². The van der Waals surface area contributed by atoms with E-state index in [0.717, 1.165) is 28.7 Å². The molecule has 0 aliphatic carbocycles. The number of rotatable bonds is 6. The van der Waals surface area contributed by atoms with Crippen LogP contribution in [0.15, 0.2) is 24.5 Å². The molecule has 2 aromatic rings. The van der Waals surface area contributed by atoms with Crippen LogP contribution in [0.2, 0.25) is 0 Å². The fourth-order valence-corrected chi connectivity index (χ4v) is 3.44. The van der Waals surface area contributed by atoms with Crippen LogP contribution in [-0.2, 0) is 16.0 Å². The summed E-state index contributed by atoms with van der Waals surface area (Å²) in [4.78, 5) is 19.1. The second kappa shape index (κ2) is 8.27. The Morgan fingerprint density at radius 1 is 1.42 bits per heavy atom. The van der Waals surface area contributed by atoms with Crippen LogP contribution in [0.4, 0.5) is 0 Å². The molecule has 1 fully saturated rings. The smallest absolute Gasteiger partial charge is 0.242 e. The van der Waals surface area contributed by atoms with Gasteiger partial charge in [-0.25, -0.2) is 0 Å². The van der Waals surface area contributed by atoms with Crippen molar-refractivity contribution in [2.45, 2.75) is 19.4 Å². The third kappa shape index (κ3) is 4.34. The van der Waals surface area contributed by atoms with Crippen LogP contribution in [0.5, 0.6) is 0 Å². The quantitative estimate of drug-likeness (QED) is 0.839. The number of aromatic nitrogens is 3. The first kappa shape index (κ1) is 16.9. The first-order valence-electron chi connectivity index (χ1n) is 8.02. The van der Waals surface area contributed by atoms with E-state index in [0.29, 0.717) is 26.2 Å². The van der Waals surface area contributed by atoms with E-state index in [1.54, 1.807) is 23.7 Å². The van der Waals surface area contributed by atoms with Crippen LogP contribution < -0.4 is 5.32 Å². The van der Waals surface area contributed by atoms with Gasteiger partial charge in [0.2, 0.25) is 5.91 Å². The summed E-state index contributed by atoms with van der Waals surface area (Å²) >= 11 is 1.56. The van der Waals surface area contributed by atoms with Crippen molar-refractivity contribution in [1.29, 1.82) is 0 Å². The van der Waals surface area contributed by atoms with Gasteiger partial charge in [-0.3, -0.25) is 14.7 Å². The van der Waals surface area contributed by atoms with Gasteiger partial charge in [0.25, 0.3) is 0 Å². The van der Waals surface area contributed by atoms with Gasteiger partial charge in [0, 0.05) is 38.4 Å². The number of amides is 1. The Kier molecular flexibility index (Phi) is 5.84. The first-order valence-corrected chi connectivity index (χ1v) is 8.84. The van der Waals surface area contributed by atoms with Gasteiger partial charge < -0.3 is 10.1 Å². The molecular formula is C16H21N5O2S. The molecule has 3 heterocycles. The number of hydrogen-bond donors (Lipinski definition) is 1. The van der Waals surface area contributed by atoms with Gasteiger partial charge in [-0.1, -0.05) is 6.07 Å². The normalized spacial score (nSPS) is 16.7. The zero-order valence-corrected chi connectivity index (χ0v) is 14.5. The largest absolute Gasteiger partial charge is 0.379 e. The Labute approximate surface area is 145 Å². The standard InChI is InChI=1S/C16H21N5O2S/c1-12-19-20-14(24-12)4-6-18-16(22)15(13-3-2-5-17-11-13)21-7-9-23-10-8-21/h2-3,5,11,15H,4,6-10H2,1H3,(H,18,22). The van der Waals surface area contributed by atoms with Gasteiger partial charge in [0.15, 0.2) is 0 Å². The molecule has 8 heteroatoms. The number of morpholine rings is 1. The minimum Gasteiger partial charge on any atom is -0.379 e. The zero-order valence-electron chi connectivity index (χ0n) is 13.6. The average molecular weight is 347 g/mol. The molecule has 1 amide bonds. The summed E-state index contributed by atoms with van der Waals surface area (Å²) in [5, 5.41) is 13.0. The maximum Gasteiger partial charge on any atom is 0.242 e. The summed E-state index contributed by atoms with van der Waals surface area (Å²) < 4.78 is 5.40. The highest BCUT2D eigenvalue weighted by molar-refractivity contribution is 7.11. The molecule has 0 saturated carbocycles. The van der Waals surface area contributed by atoms with Gasteiger partial charge in [0.1, 0.15) is 16.1 Å². The molecule has 2 aromatic heterocycles. The lowest BCUT2D eigenvalue weighted by Gasteiger charge is -2.33. The van der Waals surface area contributed by atoms with Crippen molar-refractivity contribution >= 4 is 17.2 Å². The zero-order chi connectivity index (χ0) is 16.8. The Morgan fingerprint density at radius 2 is 2.25 bits per heavy atom. The molecule has 1 N–H and O–H groups in total. The van der Waals surface area contributed by atoms with E-state index >= 15 is 0 Å². The maximum absolute atomic E-state index is 12.8. The van der Waals surface area contributed by atoms with E-state index < -0.39 is 0 Å².